The fraction of sp³-hybridized carbons (Fsp3) is 0.545. The average Bonchev–Trinajstić information content (AvgIpc) is 2.52. The summed E-state index contributed by atoms with van der Waals surface area (Å²) in [5, 5.41) is 0. The van der Waals surface area contributed by atoms with Gasteiger partial charge < -0.3 is 9.15 Å². The van der Waals surface area contributed by atoms with E-state index >= 15 is 0 Å². The molecule has 0 aliphatic heterocycles. The minimum Gasteiger partial charge on any atom is -0.469 e. The van der Waals surface area contributed by atoms with E-state index in [0.29, 0.717) is 19.7 Å². The van der Waals surface area contributed by atoms with E-state index in [1.807, 2.05) is 24.9 Å². The van der Waals surface area contributed by atoms with Gasteiger partial charge >= 0.3 is 5.97 Å². The maximum Gasteiger partial charge on any atom is 0.320 e. The molecule has 1 aromatic heterocycles. The monoisotopic (exact) mass is 211 g/mol. The molecular formula is C11H17NO3. The zero-order chi connectivity index (χ0) is 11.3. The minimum absolute atomic E-state index is 0.193. The van der Waals surface area contributed by atoms with Gasteiger partial charge in [-0.25, -0.2) is 0 Å². The highest BCUT2D eigenvalue weighted by Crippen LogP contribution is 2.10. The van der Waals surface area contributed by atoms with E-state index < -0.39 is 0 Å². The zero-order valence-corrected chi connectivity index (χ0v) is 9.45. The molecular weight excluding hydrogens is 194 g/mol. The number of furan rings is 1. The highest BCUT2D eigenvalue weighted by atomic mass is 16.5. The van der Waals surface area contributed by atoms with E-state index in [2.05, 4.69) is 0 Å². The van der Waals surface area contributed by atoms with Gasteiger partial charge in [0.15, 0.2) is 0 Å². The lowest BCUT2D eigenvalue weighted by molar-refractivity contribution is -0.144. The van der Waals surface area contributed by atoms with Crippen LogP contribution in [0.15, 0.2) is 16.7 Å². The lowest BCUT2D eigenvalue weighted by Gasteiger charge is -2.14. The van der Waals surface area contributed by atoms with Gasteiger partial charge in [0, 0.05) is 12.1 Å². The van der Waals surface area contributed by atoms with Crippen LogP contribution in [0.1, 0.15) is 18.2 Å². The molecule has 1 rings (SSSR count). The molecule has 0 aromatic carbocycles. The summed E-state index contributed by atoms with van der Waals surface area (Å²) in [6.45, 7) is 5.14. The predicted octanol–water partition coefficient (Wildman–Crippen LogP) is 1.58. The molecule has 15 heavy (non-hydrogen) atoms. The molecule has 0 saturated carbocycles. The average molecular weight is 211 g/mol. The van der Waals surface area contributed by atoms with Crippen LogP contribution < -0.4 is 0 Å². The Hall–Kier alpha value is -1.29. The molecule has 0 unspecified atom stereocenters. The largest absolute Gasteiger partial charge is 0.469 e. The highest BCUT2D eigenvalue weighted by Gasteiger charge is 2.09. The third-order valence-electron chi connectivity index (χ3n) is 2.11. The van der Waals surface area contributed by atoms with Gasteiger partial charge in [0.05, 0.1) is 19.4 Å². The van der Waals surface area contributed by atoms with E-state index in [9.17, 15) is 4.79 Å². The number of ether oxygens (including phenoxy) is 1. The Labute approximate surface area is 89.8 Å². The molecule has 0 aliphatic carbocycles. The Morgan fingerprint density at radius 2 is 2.33 bits per heavy atom. The second-order valence-electron chi connectivity index (χ2n) is 3.48. The van der Waals surface area contributed by atoms with Crippen molar-refractivity contribution in [1.29, 1.82) is 0 Å². The zero-order valence-electron chi connectivity index (χ0n) is 9.45. The molecule has 4 nitrogen and oxygen atoms in total. The molecule has 1 aromatic rings. The van der Waals surface area contributed by atoms with Crippen molar-refractivity contribution in [2.24, 2.45) is 0 Å². The first-order valence-electron chi connectivity index (χ1n) is 5.00. The number of carbonyl (C=O) groups is 1. The molecule has 1 heterocycles. The van der Waals surface area contributed by atoms with Crippen molar-refractivity contribution in [3.63, 3.8) is 0 Å². The van der Waals surface area contributed by atoms with Crippen LogP contribution in [0.3, 0.4) is 0 Å². The minimum atomic E-state index is -0.193. The summed E-state index contributed by atoms with van der Waals surface area (Å²) in [5.74, 6) is 0.701. The van der Waals surface area contributed by atoms with E-state index in [0.717, 1.165) is 11.3 Å². The standard InChI is InChI=1S/C11H17NO3/c1-4-14-11(13)8-12(3)7-10-5-6-15-9(10)2/h5-6H,4,7-8H2,1-3H3. The second kappa shape index (κ2) is 5.56. The van der Waals surface area contributed by atoms with Crippen LogP contribution in [0.5, 0.6) is 0 Å². The molecule has 0 amide bonds. The normalized spacial score (nSPS) is 10.7. The predicted molar refractivity (Wildman–Crippen MR) is 56.4 cm³/mol. The molecule has 0 fully saturated rings. The number of hydrogen-bond donors (Lipinski definition) is 0. The molecule has 0 radical (unpaired) electrons. The van der Waals surface area contributed by atoms with Gasteiger partial charge in [-0.05, 0) is 27.0 Å². The Morgan fingerprint density at radius 3 is 2.87 bits per heavy atom. The van der Waals surface area contributed by atoms with Crippen molar-refractivity contribution < 1.29 is 13.9 Å². The Kier molecular flexibility index (Phi) is 4.37. The van der Waals surface area contributed by atoms with Crippen molar-refractivity contribution in [1.82, 2.24) is 4.90 Å². The molecule has 0 bridgehead atoms. The van der Waals surface area contributed by atoms with Crippen molar-refractivity contribution >= 4 is 5.97 Å². The van der Waals surface area contributed by atoms with Crippen molar-refractivity contribution in [3.05, 3.63) is 23.7 Å². The molecule has 0 aliphatic rings. The molecule has 0 spiro atoms. The van der Waals surface area contributed by atoms with Gasteiger partial charge in [0.25, 0.3) is 0 Å². The Bertz CT molecular complexity index is 319. The van der Waals surface area contributed by atoms with Crippen LogP contribution in [-0.2, 0) is 16.1 Å². The number of hydrogen-bond acceptors (Lipinski definition) is 4. The number of esters is 1. The van der Waals surface area contributed by atoms with Gasteiger partial charge in [-0.2, -0.15) is 0 Å². The SMILES string of the molecule is CCOC(=O)CN(C)Cc1ccoc1C. The van der Waals surface area contributed by atoms with E-state index in [-0.39, 0.29) is 5.97 Å². The van der Waals surface area contributed by atoms with Crippen LogP contribution >= 0.6 is 0 Å². The molecule has 4 heteroatoms. The number of aryl methyl sites for hydroxylation is 1. The van der Waals surface area contributed by atoms with Crippen LogP contribution in [0.25, 0.3) is 0 Å². The third kappa shape index (κ3) is 3.75. The van der Waals surface area contributed by atoms with Gasteiger partial charge in [-0.3, -0.25) is 9.69 Å². The van der Waals surface area contributed by atoms with Gasteiger partial charge in [-0.1, -0.05) is 0 Å². The number of nitrogens with zero attached hydrogens (tertiary/aromatic N) is 1. The first-order valence-corrected chi connectivity index (χ1v) is 5.00. The van der Waals surface area contributed by atoms with Crippen LogP contribution in [0.2, 0.25) is 0 Å². The maximum absolute atomic E-state index is 11.2. The molecule has 0 saturated heterocycles. The van der Waals surface area contributed by atoms with E-state index in [4.69, 9.17) is 9.15 Å². The quantitative estimate of drug-likeness (QED) is 0.693. The van der Waals surface area contributed by atoms with Gasteiger partial charge in [-0.15, -0.1) is 0 Å². The first-order chi connectivity index (χ1) is 7.13. The number of rotatable bonds is 5. The summed E-state index contributed by atoms with van der Waals surface area (Å²) < 4.78 is 10.0. The second-order valence-corrected chi connectivity index (χ2v) is 3.48. The third-order valence-corrected chi connectivity index (χ3v) is 2.11. The van der Waals surface area contributed by atoms with Crippen molar-refractivity contribution in [3.8, 4) is 0 Å². The lowest BCUT2D eigenvalue weighted by atomic mass is 10.2. The number of carbonyl (C=O) groups excluding carboxylic acids is 1. The summed E-state index contributed by atoms with van der Waals surface area (Å²) in [4.78, 5) is 13.1. The number of likely N-dealkylation sites (N-methyl/N-ethyl adjacent to an activating group) is 1. The summed E-state index contributed by atoms with van der Waals surface area (Å²) in [5.41, 5.74) is 1.10. The van der Waals surface area contributed by atoms with Gasteiger partial charge in [0.2, 0.25) is 0 Å². The molecule has 84 valence electrons. The van der Waals surface area contributed by atoms with Crippen LogP contribution in [0.4, 0.5) is 0 Å². The summed E-state index contributed by atoms with van der Waals surface area (Å²) in [6, 6.07) is 1.91. The topological polar surface area (TPSA) is 42.7 Å². The lowest BCUT2D eigenvalue weighted by Crippen LogP contribution is -2.27. The Morgan fingerprint density at radius 1 is 1.60 bits per heavy atom. The van der Waals surface area contributed by atoms with Crippen molar-refractivity contribution in [2.75, 3.05) is 20.2 Å². The van der Waals surface area contributed by atoms with E-state index in [1.54, 1.807) is 13.2 Å². The summed E-state index contributed by atoms with van der Waals surface area (Å²) in [7, 11) is 1.88. The molecule has 0 N–H and O–H groups in total. The van der Waals surface area contributed by atoms with Crippen LogP contribution in [0, 0.1) is 6.92 Å². The summed E-state index contributed by atoms with van der Waals surface area (Å²) in [6.07, 6.45) is 1.66. The van der Waals surface area contributed by atoms with E-state index in [1.165, 1.54) is 0 Å². The van der Waals surface area contributed by atoms with Crippen LogP contribution in [-0.4, -0.2) is 31.1 Å². The van der Waals surface area contributed by atoms with Gasteiger partial charge in [0.1, 0.15) is 5.76 Å². The Balaban J connectivity index is 2.39. The molecule has 0 atom stereocenters. The fourth-order valence-corrected chi connectivity index (χ4v) is 1.35. The van der Waals surface area contributed by atoms with Crippen molar-refractivity contribution in [2.45, 2.75) is 20.4 Å². The summed E-state index contributed by atoms with van der Waals surface area (Å²) >= 11 is 0. The fourth-order valence-electron chi connectivity index (χ4n) is 1.35. The highest BCUT2D eigenvalue weighted by molar-refractivity contribution is 5.71. The smallest absolute Gasteiger partial charge is 0.320 e. The maximum atomic E-state index is 11.2. The first kappa shape index (κ1) is 11.8.